The van der Waals surface area contributed by atoms with Crippen molar-refractivity contribution in [3.05, 3.63) is 0 Å². The number of nitrogens with two attached hydrogens (primary N) is 1. The first-order chi connectivity index (χ1) is 8.49. The lowest BCUT2D eigenvalue weighted by Crippen LogP contribution is -2.41. The molecule has 0 aromatic rings. The lowest BCUT2D eigenvalue weighted by molar-refractivity contribution is -0.0197. The topological polar surface area (TPSA) is 64.3 Å². The zero-order valence-corrected chi connectivity index (χ0v) is 11.6. The zero-order valence-electron chi connectivity index (χ0n) is 11.6. The second-order valence-corrected chi connectivity index (χ2v) is 6.40. The third-order valence-electron chi connectivity index (χ3n) is 4.49. The maximum atomic E-state index is 11.0. The summed E-state index contributed by atoms with van der Waals surface area (Å²) in [6.45, 7) is 6.28. The number of carbonyl (C=O) groups is 1. The fraction of sp³-hybridized carbons (Fsp3) is 0.929. The van der Waals surface area contributed by atoms with Crippen LogP contribution in [-0.2, 0) is 4.74 Å². The van der Waals surface area contributed by atoms with Crippen molar-refractivity contribution in [2.24, 2.45) is 23.5 Å². The summed E-state index contributed by atoms with van der Waals surface area (Å²) < 4.78 is 5.37. The van der Waals surface area contributed by atoms with Crippen LogP contribution in [0, 0.1) is 17.8 Å². The van der Waals surface area contributed by atoms with Crippen LogP contribution in [-0.4, -0.2) is 24.8 Å². The van der Waals surface area contributed by atoms with Gasteiger partial charge in [0.2, 0.25) is 0 Å². The number of primary amides is 1. The molecule has 1 amide bonds. The van der Waals surface area contributed by atoms with Gasteiger partial charge in [0.1, 0.15) is 5.60 Å². The van der Waals surface area contributed by atoms with E-state index in [0.717, 1.165) is 24.9 Å². The Morgan fingerprint density at radius 2 is 1.94 bits per heavy atom. The molecule has 0 radical (unpaired) electrons. The van der Waals surface area contributed by atoms with Gasteiger partial charge < -0.3 is 15.8 Å². The summed E-state index contributed by atoms with van der Waals surface area (Å²) in [5.41, 5.74) is 4.78. The lowest BCUT2D eigenvalue weighted by Gasteiger charge is -2.37. The minimum Gasteiger partial charge on any atom is -0.443 e. The molecule has 1 heterocycles. The maximum Gasteiger partial charge on any atom is 0.405 e. The van der Waals surface area contributed by atoms with Gasteiger partial charge in [-0.05, 0) is 70.9 Å². The molecule has 0 aromatic carbocycles. The van der Waals surface area contributed by atoms with Crippen molar-refractivity contribution in [1.29, 1.82) is 0 Å². The molecule has 4 nitrogen and oxygen atoms in total. The van der Waals surface area contributed by atoms with E-state index in [1.54, 1.807) is 0 Å². The van der Waals surface area contributed by atoms with E-state index in [0.29, 0.717) is 5.92 Å². The number of hydrogen-bond acceptors (Lipinski definition) is 3. The number of piperidine rings is 1. The van der Waals surface area contributed by atoms with Crippen molar-refractivity contribution >= 4 is 6.09 Å². The predicted molar refractivity (Wildman–Crippen MR) is 71.2 cm³/mol. The van der Waals surface area contributed by atoms with Gasteiger partial charge in [0.05, 0.1) is 0 Å². The van der Waals surface area contributed by atoms with Crippen molar-refractivity contribution in [2.75, 3.05) is 13.1 Å². The average molecular weight is 254 g/mol. The molecule has 2 aliphatic rings. The molecule has 0 aromatic heterocycles. The van der Waals surface area contributed by atoms with Gasteiger partial charge in [-0.1, -0.05) is 0 Å². The summed E-state index contributed by atoms with van der Waals surface area (Å²) in [6.07, 6.45) is 5.58. The van der Waals surface area contributed by atoms with E-state index in [9.17, 15) is 4.79 Å². The van der Waals surface area contributed by atoms with E-state index in [1.165, 1.54) is 32.1 Å². The van der Waals surface area contributed by atoms with Crippen molar-refractivity contribution in [3.8, 4) is 0 Å². The fourth-order valence-electron chi connectivity index (χ4n) is 3.35. The second-order valence-electron chi connectivity index (χ2n) is 6.40. The Kier molecular flexibility index (Phi) is 4.15. The van der Waals surface area contributed by atoms with Gasteiger partial charge in [-0.15, -0.1) is 0 Å². The SMILES string of the molecule is CC(C)(OC(N)=O)C(CC1CCNCC1)C1CC1. The van der Waals surface area contributed by atoms with E-state index >= 15 is 0 Å². The molecule has 2 rings (SSSR count). The van der Waals surface area contributed by atoms with Gasteiger partial charge in [0.15, 0.2) is 0 Å². The number of ether oxygens (including phenoxy) is 1. The van der Waals surface area contributed by atoms with Gasteiger partial charge >= 0.3 is 6.09 Å². The summed E-state index contributed by atoms with van der Waals surface area (Å²) in [5.74, 6) is 1.97. The number of hydrogen-bond donors (Lipinski definition) is 2. The summed E-state index contributed by atoms with van der Waals surface area (Å²) in [5, 5.41) is 3.40. The standard InChI is InChI=1S/C14H26N2O2/c1-14(2,18-13(15)17)12(11-3-4-11)9-10-5-7-16-8-6-10/h10-12,16H,3-9H2,1-2H3,(H2,15,17). The molecule has 1 unspecified atom stereocenters. The molecule has 1 aliphatic carbocycles. The minimum absolute atomic E-state index is 0.419. The van der Waals surface area contributed by atoms with Gasteiger partial charge in [-0.3, -0.25) is 0 Å². The molecule has 1 aliphatic heterocycles. The Balaban J connectivity index is 1.96. The molecular formula is C14H26N2O2. The highest BCUT2D eigenvalue weighted by molar-refractivity contribution is 5.65. The summed E-state index contributed by atoms with van der Waals surface area (Å²) in [4.78, 5) is 11.0. The molecule has 0 spiro atoms. The number of rotatable bonds is 5. The second kappa shape index (κ2) is 5.47. The van der Waals surface area contributed by atoms with Crippen LogP contribution in [0.1, 0.15) is 46.0 Å². The average Bonchev–Trinajstić information content (AvgIpc) is 3.09. The molecule has 18 heavy (non-hydrogen) atoms. The van der Waals surface area contributed by atoms with E-state index < -0.39 is 11.7 Å². The molecule has 1 saturated carbocycles. The predicted octanol–water partition coefficient (Wildman–Crippen LogP) is 2.28. The third-order valence-corrected chi connectivity index (χ3v) is 4.49. The van der Waals surface area contributed by atoms with Gasteiger partial charge in [-0.25, -0.2) is 4.79 Å². The first-order valence-electron chi connectivity index (χ1n) is 7.18. The largest absolute Gasteiger partial charge is 0.443 e. The van der Waals surface area contributed by atoms with Crippen LogP contribution >= 0.6 is 0 Å². The first kappa shape index (κ1) is 13.7. The monoisotopic (exact) mass is 254 g/mol. The molecule has 3 N–H and O–H groups in total. The Labute approximate surface area is 110 Å². The van der Waals surface area contributed by atoms with Crippen LogP contribution in [0.15, 0.2) is 0 Å². The molecule has 104 valence electrons. The summed E-state index contributed by atoms with van der Waals surface area (Å²) in [7, 11) is 0. The Morgan fingerprint density at radius 3 is 2.44 bits per heavy atom. The number of nitrogens with one attached hydrogen (secondary N) is 1. The van der Waals surface area contributed by atoms with E-state index in [-0.39, 0.29) is 0 Å². The Hall–Kier alpha value is -0.770. The molecule has 2 fully saturated rings. The Bertz CT molecular complexity index is 294. The highest BCUT2D eigenvalue weighted by atomic mass is 16.6. The van der Waals surface area contributed by atoms with Gasteiger partial charge in [-0.2, -0.15) is 0 Å². The lowest BCUT2D eigenvalue weighted by atomic mass is 9.77. The van der Waals surface area contributed by atoms with Crippen LogP contribution < -0.4 is 11.1 Å². The smallest absolute Gasteiger partial charge is 0.405 e. The van der Waals surface area contributed by atoms with Gasteiger partial charge in [0.25, 0.3) is 0 Å². The van der Waals surface area contributed by atoms with Crippen LogP contribution in [0.2, 0.25) is 0 Å². The van der Waals surface area contributed by atoms with Crippen molar-refractivity contribution in [2.45, 2.75) is 51.6 Å². The van der Waals surface area contributed by atoms with Crippen LogP contribution in [0.3, 0.4) is 0 Å². The van der Waals surface area contributed by atoms with Crippen molar-refractivity contribution < 1.29 is 9.53 Å². The normalized spacial score (nSPS) is 23.7. The third kappa shape index (κ3) is 3.61. The maximum absolute atomic E-state index is 11.0. The van der Waals surface area contributed by atoms with Crippen molar-refractivity contribution in [3.63, 3.8) is 0 Å². The molecule has 4 heteroatoms. The van der Waals surface area contributed by atoms with Crippen LogP contribution in [0.5, 0.6) is 0 Å². The Morgan fingerprint density at radius 1 is 1.33 bits per heavy atom. The highest BCUT2D eigenvalue weighted by Gasteiger charge is 2.44. The molecule has 0 bridgehead atoms. The minimum atomic E-state index is -0.643. The van der Waals surface area contributed by atoms with Crippen LogP contribution in [0.4, 0.5) is 4.79 Å². The summed E-state index contributed by atoms with van der Waals surface area (Å²) in [6, 6.07) is 0. The first-order valence-corrected chi connectivity index (χ1v) is 7.18. The van der Waals surface area contributed by atoms with E-state index in [4.69, 9.17) is 10.5 Å². The fourth-order valence-corrected chi connectivity index (χ4v) is 3.35. The van der Waals surface area contributed by atoms with Gasteiger partial charge in [0, 0.05) is 5.92 Å². The van der Waals surface area contributed by atoms with Crippen molar-refractivity contribution in [1.82, 2.24) is 5.32 Å². The number of amides is 1. The van der Waals surface area contributed by atoms with E-state index in [1.807, 2.05) is 13.8 Å². The highest BCUT2D eigenvalue weighted by Crippen LogP contribution is 2.47. The van der Waals surface area contributed by atoms with Crippen LogP contribution in [0.25, 0.3) is 0 Å². The molecule has 1 atom stereocenters. The van der Waals surface area contributed by atoms with E-state index in [2.05, 4.69) is 5.32 Å². The zero-order chi connectivity index (χ0) is 13.2. The molecular weight excluding hydrogens is 228 g/mol. The molecule has 1 saturated heterocycles. The quantitative estimate of drug-likeness (QED) is 0.791. The number of carbonyl (C=O) groups excluding carboxylic acids is 1. The summed E-state index contributed by atoms with van der Waals surface area (Å²) >= 11 is 0.